The highest BCUT2D eigenvalue weighted by Gasteiger charge is 2.39. The molecule has 0 radical (unpaired) electrons. The van der Waals surface area contributed by atoms with Crippen molar-refractivity contribution in [3.05, 3.63) is 15.6 Å². The molecule has 8 heteroatoms. The Balaban J connectivity index is 1.50. The summed E-state index contributed by atoms with van der Waals surface area (Å²) in [5.41, 5.74) is 1.32. The van der Waals surface area contributed by atoms with Crippen LogP contribution >= 0.6 is 11.3 Å². The summed E-state index contributed by atoms with van der Waals surface area (Å²) in [7, 11) is -0.0707. The quantitative estimate of drug-likeness (QED) is 0.793. The van der Waals surface area contributed by atoms with E-state index in [1.165, 1.54) is 39.1 Å². The van der Waals surface area contributed by atoms with Crippen LogP contribution < -0.4 is 0 Å². The fourth-order valence-electron chi connectivity index (χ4n) is 4.40. The summed E-state index contributed by atoms with van der Waals surface area (Å²) in [5.74, 6) is 0.433. The van der Waals surface area contributed by atoms with Gasteiger partial charge in [0.15, 0.2) is 0 Å². The number of hydrogen-bond acceptors (Lipinski definition) is 5. The number of aromatic nitrogens is 1. The molecule has 6 nitrogen and oxygen atoms in total. The number of thiazole rings is 1. The zero-order valence-electron chi connectivity index (χ0n) is 15.1. The van der Waals surface area contributed by atoms with E-state index >= 15 is 0 Å². The maximum atomic E-state index is 12.6. The van der Waals surface area contributed by atoms with Gasteiger partial charge in [-0.1, -0.05) is 0 Å². The third-order valence-electron chi connectivity index (χ3n) is 5.81. The molecule has 0 aromatic carbocycles. The summed E-state index contributed by atoms with van der Waals surface area (Å²) < 4.78 is 28.2. The first-order valence-corrected chi connectivity index (χ1v) is 11.5. The van der Waals surface area contributed by atoms with Crippen molar-refractivity contribution < 1.29 is 8.42 Å². The first kappa shape index (κ1) is 17.9. The molecule has 3 fully saturated rings. The predicted octanol–water partition coefficient (Wildman–Crippen LogP) is 1.72. The zero-order valence-corrected chi connectivity index (χ0v) is 16.8. The van der Waals surface area contributed by atoms with Crippen molar-refractivity contribution in [2.75, 3.05) is 33.7 Å². The first-order valence-electron chi connectivity index (χ1n) is 9.32. The van der Waals surface area contributed by atoms with Gasteiger partial charge < -0.3 is 0 Å². The van der Waals surface area contributed by atoms with E-state index in [0.29, 0.717) is 25.0 Å². The molecule has 3 aliphatic heterocycles. The summed E-state index contributed by atoms with van der Waals surface area (Å²) in [6.45, 7) is 3.15. The smallest absolute Gasteiger partial charge is 0.281 e. The Bertz CT molecular complexity index is 708. The molecule has 4 heterocycles. The molecular weight excluding hydrogens is 356 g/mol. The van der Waals surface area contributed by atoms with Gasteiger partial charge in [0, 0.05) is 44.6 Å². The minimum atomic E-state index is -3.32. The van der Waals surface area contributed by atoms with Crippen molar-refractivity contribution in [1.82, 2.24) is 18.5 Å². The van der Waals surface area contributed by atoms with Crippen LogP contribution in [0.1, 0.15) is 41.3 Å². The molecule has 3 saturated heterocycles. The summed E-state index contributed by atoms with van der Waals surface area (Å²) in [6.07, 6.45) is 7.10. The highest BCUT2D eigenvalue weighted by atomic mass is 32.2. The van der Waals surface area contributed by atoms with Crippen LogP contribution in [-0.4, -0.2) is 66.7 Å². The Morgan fingerprint density at radius 1 is 1.16 bits per heavy atom. The molecule has 25 heavy (non-hydrogen) atoms. The lowest BCUT2D eigenvalue weighted by molar-refractivity contribution is 0.125. The molecule has 1 aliphatic carbocycles. The van der Waals surface area contributed by atoms with Gasteiger partial charge in [0.1, 0.15) is 5.01 Å². The van der Waals surface area contributed by atoms with Crippen LogP contribution in [0.5, 0.6) is 0 Å². The molecular formula is C17H28N4O2S2. The van der Waals surface area contributed by atoms with E-state index in [-0.39, 0.29) is 0 Å². The molecule has 0 spiro atoms. The largest absolute Gasteiger partial charge is 0.292 e. The minimum absolute atomic E-state index is 0.314. The molecule has 5 rings (SSSR count). The van der Waals surface area contributed by atoms with E-state index in [0.717, 1.165) is 32.4 Å². The summed E-state index contributed by atoms with van der Waals surface area (Å²) in [5, 5.41) is 1.22. The van der Waals surface area contributed by atoms with Crippen LogP contribution in [0, 0.1) is 5.92 Å². The maximum Gasteiger partial charge on any atom is 0.281 e. The highest BCUT2D eigenvalue weighted by Crippen LogP contribution is 2.33. The van der Waals surface area contributed by atoms with Gasteiger partial charge in [0.05, 0.1) is 12.2 Å². The Morgan fingerprint density at radius 3 is 2.72 bits per heavy atom. The lowest BCUT2D eigenvalue weighted by Gasteiger charge is -2.35. The van der Waals surface area contributed by atoms with Gasteiger partial charge in [-0.05, 0) is 44.4 Å². The van der Waals surface area contributed by atoms with Crippen LogP contribution in [0.2, 0.25) is 0 Å². The number of aryl methyl sites for hydroxylation is 2. The molecule has 0 N–H and O–H groups in total. The SMILES string of the molecule is CN(C)S(=O)(=O)N1C[C@H]2CC[C@@H](C1)N(Cc1nc3c(s1)CCCC3)C2. The second-order valence-electron chi connectivity index (χ2n) is 7.82. The normalized spacial score (nSPS) is 28.3. The average Bonchev–Trinajstić information content (AvgIpc) is 2.74. The number of piperidine rings is 1. The van der Waals surface area contributed by atoms with Crippen molar-refractivity contribution in [2.24, 2.45) is 5.92 Å². The molecule has 4 aliphatic rings. The van der Waals surface area contributed by atoms with E-state index < -0.39 is 10.2 Å². The lowest BCUT2D eigenvalue weighted by atomic mass is 9.95. The van der Waals surface area contributed by atoms with Crippen LogP contribution in [-0.2, 0) is 29.6 Å². The van der Waals surface area contributed by atoms with Gasteiger partial charge in [-0.25, -0.2) is 4.98 Å². The molecule has 2 atom stereocenters. The van der Waals surface area contributed by atoms with E-state index in [1.807, 2.05) is 11.3 Å². The molecule has 0 amide bonds. The van der Waals surface area contributed by atoms with Crippen LogP contribution in [0.15, 0.2) is 0 Å². The second kappa shape index (κ2) is 6.88. The molecule has 0 saturated carbocycles. The molecule has 1 aromatic rings. The highest BCUT2D eigenvalue weighted by molar-refractivity contribution is 7.86. The third kappa shape index (κ3) is 3.51. The second-order valence-corrected chi connectivity index (χ2v) is 11.1. The van der Waals surface area contributed by atoms with Gasteiger partial charge in [0.2, 0.25) is 0 Å². The van der Waals surface area contributed by atoms with Crippen molar-refractivity contribution >= 4 is 21.5 Å². The van der Waals surface area contributed by atoms with Gasteiger partial charge >= 0.3 is 0 Å². The standard InChI is InChI=1S/C17H28N4O2S2/c1-19(2)25(22,23)21-10-13-7-8-14(11-21)20(9-13)12-17-18-15-5-3-4-6-16(15)24-17/h13-14H,3-12H2,1-2H3/t13-,14-/m0/s1. The number of nitrogens with zero attached hydrogens (tertiary/aromatic N) is 4. The van der Waals surface area contributed by atoms with Gasteiger partial charge in [0.25, 0.3) is 10.2 Å². The van der Waals surface area contributed by atoms with Crippen molar-refractivity contribution in [3.8, 4) is 0 Å². The lowest BCUT2D eigenvalue weighted by Crippen LogP contribution is -2.45. The fourth-order valence-corrected chi connectivity index (χ4v) is 6.80. The van der Waals surface area contributed by atoms with Crippen molar-refractivity contribution in [3.63, 3.8) is 0 Å². The van der Waals surface area contributed by atoms with Crippen LogP contribution in [0.3, 0.4) is 0 Å². The van der Waals surface area contributed by atoms with Crippen molar-refractivity contribution in [2.45, 2.75) is 51.1 Å². The number of rotatable bonds is 4. The first-order chi connectivity index (χ1) is 11.9. The van der Waals surface area contributed by atoms with Crippen molar-refractivity contribution in [1.29, 1.82) is 0 Å². The topological polar surface area (TPSA) is 56.8 Å². The number of fused-ring (bicyclic) bond motifs is 5. The third-order valence-corrected chi connectivity index (χ3v) is 8.83. The number of hydrogen-bond donors (Lipinski definition) is 0. The summed E-state index contributed by atoms with van der Waals surface area (Å²) >= 11 is 1.88. The van der Waals surface area contributed by atoms with E-state index in [4.69, 9.17) is 4.98 Å². The Kier molecular flexibility index (Phi) is 4.92. The molecule has 2 bridgehead atoms. The van der Waals surface area contributed by atoms with Gasteiger partial charge in [-0.2, -0.15) is 17.0 Å². The van der Waals surface area contributed by atoms with Crippen LogP contribution in [0.25, 0.3) is 0 Å². The Morgan fingerprint density at radius 2 is 1.96 bits per heavy atom. The fraction of sp³-hybridized carbons (Fsp3) is 0.824. The van der Waals surface area contributed by atoms with Gasteiger partial charge in [-0.15, -0.1) is 11.3 Å². The minimum Gasteiger partial charge on any atom is -0.292 e. The molecule has 0 unspecified atom stereocenters. The van der Waals surface area contributed by atoms with E-state index in [9.17, 15) is 8.42 Å². The van der Waals surface area contributed by atoms with Crippen LogP contribution in [0.4, 0.5) is 0 Å². The zero-order chi connectivity index (χ0) is 17.6. The summed E-state index contributed by atoms with van der Waals surface area (Å²) in [6, 6.07) is 0.314. The maximum absolute atomic E-state index is 12.6. The van der Waals surface area contributed by atoms with E-state index in [1.54, 1.807) is 18.4 Å². The van der Waals surface area contributed by atoms with E-state index in [2.05, 4.69) is 4.90 Å². The predicted molar refractivity (Wildman–Crippen MR) is 99.9 cm³/mol. The Labute approximate surface area is 155 Å². The monoisotopic (exact) mass is 384 g/mol. The molecule has 1 aromatic heterocycles. The Hall–Kier alpha value is -0.540. The molecule has 140 valence electrons. The van der Waals surface area contributed by atoms with Gasteiger partial charge in [-0.3, -0.25) is 4.90 Å². The summed E-state index contributed by atoms with van der Waals surface area (Å²) in [4.78, 5) is 8.87. The average molecular weight is 385 g/mol.